The molecule has 0 aliphatic carbocycles. The Morgan fingerprint density at radius 2 is 1.71 bits per heavy atom. The first-order valence-corrected chi connectivity index (χ1v) is 7.63. The first kappa shape index (κ1) is 17.5. The van der Waals surface area contributed by atoms with Crippen molar-refractivity contribution in [2.45, 2.75) is 34.6 Å². The van der Waals surface area contributed by atoms with Gasteiger partial charge in [0.15, 0.2) is 0 Å². The van der Waals surface area contributed by atoms with Gasteiger partial charge in [-0.2, -0.15) is 0 Å². The van der Waals surface area contributed by atoms with Crippen LogP contribution in [0.25, 0.3) is 0 Å². The lowest BCUT2D eigenvalue weighted by molar-refractivity contribution is -0.123. The minimum Gasteiger partial charge on any atom is -0.492 e. The standard InChI is InChI=1S/C17H28N2O2/c1-6-19(7-2)12-13-21-15-10-8-14(9-11-15)18-16(20)17(3,4)5/h8-11H,6-7,12-13H2,1-5H3,(H,18,20). The molecule has 0 aliphatic heterocycles. The molecule has 0 aliphatic rings. The Labute approximate surface area is 128 Å². The molecule has 118 valence electrons. The number of amides is 1. The summed E-state index contributed by atoms with van der Waals surface area (Å²) < 4.78 is 5.71. The number of ether oxygens (including phenoxy) is 1. The van der Waals surface area contributed by atoms with Crippen molar-refractivity contribution in [1.29, 1.82) is 0 Å². The van der Waals surface area contributed by atoms with Crippen LogP contribution < -0.4 is 10.1 Å². The van der Waals surface area contributed by atoms with Gasteiger partial charge in [-0.3, -0.25) is 4.79 Å². The number of rotatable bonds is 7. The van der Waals surface area contributed by atoms with Gasteiger partial charge in [-0.05, 0) is 37.4 Å². The van der Waals surface area contributed by atoms with Crippen LogP contribution in [0.5, 0.6) is 5.75 Å². The van der Waals surface area contributed by atoms with Gasteiger partial charge in [0.05, 0.1) is 0 Å². The molecule has 0 saturated carbocycles. The van der Waals surface area contributed by atoms with Crippen LogP contribution in [0.2, 0.25) is 0 Å². The highest BCUT2D eigenvalue weighted by Crippen LogP contribution is 2.19. The van der Waals surface area contributed by atoms with Crippen molar-refractivity contribution in [3.8, 4) is 5.75 Å². The summed E-state index contributed by atoms with van der Waals surface area (Å²) in [6, 6.07) is 7.52. The van der Waals surface area contributed by atoms with Crippen LogP contribution in [0.4, 0.5) is 5.69 Å². The predicted molar refractivity (Wildman–Crippen MR) is 87.8 cm³/mol. The van der Waals surface area contributed by atoms with Gasteiger partial charge in [-0.25, -0.2) is 0 Å². The number of carbonyl (C=O) groups is 1. The quantitative estimate of drug-likeness (QED) is 0.837. The summed E-state index contributed by atoms with van der Waals surface area (Å²) in [5.74, 6) is 0.841. The van der Waals surface area contributed by atoms with E-state index < -0.39 is 0 Å². The third-order valence-electron chi connectivity index (χ3n) is 3.36. The Kier molecular flexibility index (Phi) is 6.69. The molecule has 0 atom stereocenters. The lowest BCUT2D eigenvalue weighted by Gasteiger charge is -2.19. The number of nitrogens with one attached hydrogen (secondary N) is 1. The molecule has 0 bridgehead atoms. The van der Waals surface area contributed by atoms with Gasteiger partial charge in [0.25, 0.3) is 0 Å². The summed E-state index contributed by atoms with van der Waals surface area (Å²) in [6.07, 6.45) is 0. The molecule has 0 saturated heterocycles. The molecule has 1 amide bonds. The van der Waals surface area contributed by atoms with Crippen molar-refractivity contribution in [3.05, 3.63) is 24.3 Å². The fourth-order valence-corrected chi connectivity index (χ4v) is 1.79. The average Bonchev–Trinajstić information content (AvgIpc) is 2.44. The molecular weight excluding hydrogens is 264 g/mol. The number of anilines is 1. The largest absolute Gasteiger partial charge is 0.492 e. The van der Waals surface area contributed by atoms with Gasteiger partial charge in [-0.15, -0.1) is 0 Å². The third kappa shape index (κ3) is 6.17. The van der Waals surface area contributed by atoms with Gasteiger partial charge < -0.3 is 15.0 Å². The molecule has 21 heavy (non-hydrogen) atoms. The van der Waals surface area contributed by atoms with Crippen LogP contribution >= 0.6 is 0 Å². The Morgan fingerprint density at radius 3 is 2.19 bits per heavy atom. The molecule has 1 aromatic carbocycles. The Morgan fingerprint density at radius 1 is 1.14 bits per heavy atom. The van der Waals surface area contributed by atoms with Crippen molar-refractivity contribution < 1.29 is 9.53 Å². The first-order chi connectivity index (χ1) is 9.86. The summed E-state index contributed by atoms with van der Waals surface area (Å²) >= 11 is 0. The molecule has 1 rings (SSSR count). The van der Waals surface area contributed by atoms with Gasteiger partial charge in [0.2, 0.25) is 5.91 Å². The van der Waals surface area contributed by atoms with Crippen molar-refractivity contribution in [1.82, 2.24) is 4.90 Å². The van der Waals surface area contributed by atoms with E-state index in [1.165, 1.54) is 0 Å². The van der Waals surface area contributed by atoms with Gasteiger partial charge >= 0.3 is 0 Å². The zero-order chi connectivity index (χ0) is 15.9. The Hall–Kier alpha value is -1.55. The van der Waals surface area contributed by atoms with E-state index in [2.05, 4.69) is 24.1 Å². The summed E-state index contributed by atoms with van der Waals surface area (Å²) in [5.41, 5.74) is 0.407. The van der Waals surface area contributed by atoms with Crippen molar-refractivity contribution in [2.24, 2.45) is 5.41 Å². The van der Waals surface area contributed by atoms with Crippen LogP contribution in [-0.2, 0) is 4.79 Å². The summed E-state index contributed by atoms with van der Waals surface area (Å²) in [6.45, 7) is 13.7. The average molecular weight is 292 g/mol. The number of benzene rings is 1. The monoisotopic (exact) mass is 292 g/mol. The maximum absolute atomic E-state index is 11.9. The number of carbonyl (C=O) groups excluding carboxylic acids is 1. The second-order valence-electron chi connectivity index (χ2n) is 6.10. The molecule has 4 nitrogen and oxygen atoms in total. The Balaban J connectivity index is 2.45. The fourth-order valence-electron chi connectivity index (χ4n) is 1.79. The normalized spacial score (nSPS) is 11.5. The van der Waals surface area contributed by atoms with Gasteiger partial charge in [-0.1, -0.05) is 34.6 Å². The number of hydrogen-bond donors (Lipinski definition) is 1. The van der Waals surface area contributed by atoms with Crippen molar-refractivity contribution in [3.63, 3.8) is 0 Å². The van der Waals surface area contributed by atoms with Crippen molar-refractivity contribution in [2.75, 3.05) is 31.6 Å². The minimum absolute atomic E-state index is 0.0118. The van der Waals surface area contributed by atoms with Gasteiger partial charge in [0.1, 0.15) is 12.4 Å². The number of nitrogens with zero attached hydrogens (tertiary/aromatic N) is 1. The number of hydrogen-bond acceptors (Lipinski definition) is 3. The van der Waals surface area contributed by atoms with E-state index in [1.54, 1.807) is 0 Å². The lowest BCUT2D eigenvalue weighted by Crippen LogP contribution is -2.28. The summed E-state index contributed by atoms with van der Waals surface area (Å²) in [5, 5.41) is 2.90. The van der Waals surface area contributed by atoms with Crippen LogP contribution in [-0.4, -0.2) is 37.0 Å². The molecule has 0 fully saturated rings. The molecule has 4 heteroatoms. The molecule has 0 radical (unpaired) electrons. The van der Waals surface area contributed by atoms with E-state index in [0.29, 0.717) is 6.61 Å². The second-order valence-corrected chi connectivity index (χ2v) is 6.10. The smallest absolute Gasteiger partial charge is 0.229 e. The van der Waals surface area contributed by atoms with E-state index in [9.17, 15) is 4.79 Å². The highest BCUT2D eigenvalue weighted by Gasteiger charge is 2.20. The molecule has 1 N–H and O–H groups in total. The molecule has 0 heterocycles. The van der Waals surface area contributed by atoms with Crippen LogP contribution in [0.3, 0.4) is 0 Å². The molecular formula is C17H28N2O2. The third-order valence-corrected chi connectivity index (χ3v) is 3.36. The van der Waals surface area contributed by atoms with Crippen LogP contribution in [0, 0.1) is 5.41 Å². The van der Waals surface area contributed by atoms with E-state index in [1.807, 2.05) is 45.0 Å². The van der Waals surface area contributed by atoms with Crippen LogP contribution in [0.15, 0.2) is 24.3 Å². The zero-order valence-electron chi connectivity index (χ0n) is 13.9. The molecule has 0 aromatic heterocycles. The zero-order valence-corrected chi connectivity index (χ0v) is 13.9. The lowest BCUT2D eigenvalue weighted by atomic mass is 9.95. The predicted octanol–water partition coefficient (Wildman–Crippen LogP) is 3.39. The van der Waals surface area contributed by atoms with Crippen molar-refractivity contribution >= 4 is 11.6 Å². The second kappa shape index (κ2) is 8.03. The highest BCUT2D eigenvalue weighted by molar-refractivity contribution is 5.94. The molecule has 0 spiro atoms. The van der Waals surface area contributed by atoms with E-state index in [0.717, 1.165) is 31.1 Å². The topological polar surface area (TPSA) is 41.6 Å². The highest BCUT2D eigenvalue weighted by atomic mass is 16.5. The summed E-state index contributed by atoms with van der Waals surface area (Å²) in [7, 11) is 0. The Bertz CT molecular complexity index is 431. The van der Waals surface area contributed by atoms with Gasteiger partial charge in [0, 0.05) is 17.6 Å². The number of likely N-dealkylation sites (N-methyl/N-ethyl adjacent to an activating group) is 1. The van der Waals surface area contributed by atoms with E-state index >= 15 is 0 Å². The maximum atomic E-state index is 11.9. The molecule has 0 unspecified atom stereocenters. The fraction of sp³-hybridized carbons (Fsp3) is 0.588. The summed E-state index contributed by atoms with van der Waals surface area (Å²) in [4.78, 5) is 14.2. The SMILES string of the molecule is CCN(CC)CCOc1ccc(NC(=O)C(C)(C)C)cc1. The van der Waals surface area contributed by atoms with Crippen LogP contribution in [0.1, 0.15) is 34.6 Å². The van der Waals surface area contributed by atoms with E-state index in [4.69, 9.17) is 4.74 Å². The molecule has 1 aromatic rings. The minimum atomic E-state index is -0.390. The maximum Gasteiger partial charge on any atom is 0.229 e. The van der Waals surface area contributed by atoms with E-state index in [-0.39, 0.29) is 11.3 Å². The first-order valence-electron chi connectivity index (χ1n) is 7.63.